The summed E-state index contributed by atoms with van der Waals surface area (Å²) < 4.78 is 5.54. The number of piperazine rings is 1. The second-order valence-electron chi connectivity index (χ2n) is 8.69. The van der Waals surface area contributed by atoms with Crippen LogP contribution in [0.3, 0.4) is 0 Å². The fraction of sp³-hybridized carbons (Fsp3) is 0.480. The first-order valence-corrected chi connectivity index (χ1v) is 11.3. The van der Waals surface area contributed by atoms with E-state index in [1.165, 1.54) is 5.69 Å². The van der Waals surface area contributed by atoms with Gasteiger partial charge in [0.25, 0.3) is 5.91 Å². The number of piperidine rings is 1. The van der Waals surface area contributed by atoms with E-state index in [9.17, 15) is 4.79 Å². The summed E-state index contributed by atoms with van der Waals surface area (Å²) in [5, 5.41) is 0. The van der Waals surface area contributed by atoms with Crippen molar-refractivity contribution in [3.8, 4) is 5.75 Å². The van der Waals surface area contributed by atoms with Crippen molar-refractivity contribution in [1.82, 2.24) is 9.80 Å². The number of hydrogen-bond donors (Lipinski definition) is 0. The summed E-state index contributed by atoms with van der Waals surface area (Å²) >= 11 is 0. The molecule has 0 N–H and O–H groups in total. The fourth-order valence-electron chi connectivity index (χ4n) is 4.76. The molecule has 2 aliphatic heterocycles. The number of nitrogens with zero attached hydrogens (tertiary/aromatic N) is 4. The Labute approximate surface area is 186 Å². The number of hydrogen-bond acceptors (Lipinski definition) is 5. The summed E-state index contributed by atoms with van der Waals surface area (Å²) in [5.74, 6) is 1.09. The predicted octanol–water partition coefficient (Wildman–Crippen LogP) is 3.19. The Kier molecular flexibility index (Phi) is 6.66. The molecule has 6 nitrogen and oxygen atoms in total. The molecular weight excluding hydrogens is 388 g/mol. The average Bonchev–Trinajstić information content (AvgIpc) is 2.83. The molecule has 6 heteroatoms. The van der Waals surface area contributed by atoms with E-state index >= 15 is 0 Å². The number of anilines is 2. The monoisotopic (exact) mass is 422 g/mol. The van der Waals surface area contributed by atoms with Gasteiger partial charge in [-0.25, -0.2) is 0 Å². The zero-order chi connectivity index (χ0) is 21.8. The number of ether oxygens (including phenoxy) is 1. The van der Waals surface area contributed by atoms with Crippen LogP contribution in [-0.4, -0.2) is 82.2 Å². The highest BCUT2D eigenvalue weighted by Crippen LogP contribution is 2.29. The Balaban J connectivity index is 1.37. The number of amides is 1. The minimum Gasteiger partial charge on any atom is -0.495 e. The molecule has 2 saturated heterocycles. The first-order chi connectivity index (χ1) is 15.1. The van der Waals surface area contributed by atoms with E-state index in [0.717, 1.165) is 69.1 Å². The average molecular weight is 423 g/mol. The summed E-state index contributed by atoms with van der Waals surface area (Å²) in [6.45, 7) is 5.66. The van der Waals surface area contributed by atoms with Gasteiger partial charge in [-0.05, 0) is 43.2 Å². The Morgan fingerprint density at radius 1 is 1.00 bits per heavy atom. The van der Waals surface area contributed by atoms with Gasteiger partial charge in [0.15, 0.2) is 0 Å². The summed E-state index contributed by atoms with van der Waals surface area (Å²) in [6, 6.07) is 16.6. The van der Waals surface area contributed by atoms with Gasteiger partial charge in [-0.1, -0.05) is 18.2 Å². The molecule has 1 amide bonds. The molecule has 2 heterocycles. The van der Waals surface area contributed by atoms with E-state index in [2.05, 4.69) is 26.8 Å². The topological polar surface area (TPSA) is 39.3 Å². The molecule has 1 unspecified atom stereocenters. The van der Waals surface area contributed by atoms with Gasteiger partial charge in [0, 0.05) is 70.7 Å². The molecular formula is C25H34N4O2. The molecule has 31 heavy (non-hydrogen) atoms. The molecule has 4 rings (SSSR count). The summed E-state index contributed by atoms with van der Waals surface area (Å²) in [4.78, 5) is 22.2. The van der Waals surface area contributed by atoms with Crippen molar-refractivity contribution in [3.63, 3.8) is 0 Å². The minimum atomic E-state index is 0.154. The standard InChI is InChI=1S/C25H34N4O2/c1-26(2)21-9-6-8-20(18-21)25(30)29-13-7-10-22(19-29)27-14-16-28(17-15-27)23-11-4-5-12-24(23)31-3/h4-6,8-9,11-12,18,22H,7,10,13-17,19H2,1-3H3. The van der Waals surface area contributed by atoms with E-state index in [4.69, 9.17) is 4.74 Å². The van der Waals surface area contributed by atoms with Gasteiger partial charge in [0.1, 0.15) is 5.75 Å². The molecule has 2 aliphatic rings. The normalized spacial score (nSPS) is 19.9. The quantitative estimate of drug-likeness (QED) is 0.740. The minimum absolute atomic E-state index is 0.154. The zero-order valence-electron chi connectivity index (χ0n) is 19.0. The molecule has 0 aliphatic carbocycles. The van der Waals surface area contributed by atoms with E-state index in [1.54, 1.807) is 7.11 Å². The van der Waals surface area contributed by atoms with E-state index in [1.807, 2.05) is 55.4 Å². The van der Waals surface area contributed by atoms with Crippen LogP contribution in [0.5, 0.6) is 5.75 Å². The molecule has 1 atom stereocenters. The summed E-state index contributed by atoms with van der Waals surface area (Å²) in [7, 11) is 5.74. The fourth-order valence-corrected chi connectivity index (χ4v) is 4.76. The SMILES string of the molecule is COc1ccccc1N1CCN(C2CCCN(C(=O)c3cccc(N(C)C)c3)C2)CC1. The molecule has 2 aromatic rings. The lowest BCUT2D eigenvalue weighted by Gasteiger charge is -2.44. The van der Waals surface area contributed by atoms with Crippen molar-refractivity contribution in [2.24, 2.45) is 0 Å². The van der Waals surface area contributed by atoms with Gasteiger partial charge in [0.2, 0.25) is 0 Å². The van der Waals surface area contributed by atoms with Gasteiger partial charge in [-0.3, -0.25) is 9.69 Å². The summed E-state index contributed by atoms with van der Waals surface area (Å²) in [6.07, 6.45) is 2.23. The Bertz CT molecular complexity index is 893. The number of para-hydroxylation sites is 2. The first-order valence-electron chi connectivity index (χ1n) is 11.3. The highest BCUT2D eigenvalue weighted by Gasteiger charge is 2.31. The second kappa shape index (κ2) is 9.60. The van der Waals surface area contributed by atoms with Gasteiger partial charge in [-0.15, -0.1) is 0 Å². The number of carbonyl (C=O) groups is 1. The lowest BCUT2D eigenvalue weighted by atomic mass is 10.0. The molecule has 2 fully saturated rings. The highest BCUT2D eigenvalue weighted by atomic mass is 16.5. The van der Waals surface area contributed by atoms with Crippen LogP contribution in [0.1, 0.15) is 23.2 Å². The maximum absolute atomic E-state index is 13.2. The first kappa shape index (κ1) is 21.5. The largest absolute Gasteiger partial charge is 0.495 e. The predicted molar refractivity (Wildman–Crippen MR) is 126 cm³/mol. The Hall–Kier alpha value is -2.73. The molecule has 0 bridgehead atoms. The highest BCUT2D eigenvalue weighted by molar-refractivity contribution is 5.95. The number of rotatable bonds is 5. The molecule has 0 saturated carbocycles. The van der Waals surface area contributed by atoms with Crippen LogP contribution in [-0.2, 0) is 0 Å². The lowest BCUT2D eigenvalue weighted by molar-refractivity contribution is 0.0563. The van der Waals surface area contributed by atoms with Gasteiger partial charge >= 0.3 is 0 Å². The van der Waals surface area contributed by atoms with Crippen LogP contribution < -0.4 is 14.5 Å². The summed E-state index contributed by atoms with van der Waals surface area (Å²) in [5.41, 5.74) is 3.02. The van der Waals surface area contributed by atoms with E-state index < -0.39 is 0 Å². The number of carbonyl (C=O) groups excluding carboxylic acids is 1. The van der Waals surface area contributed by atoms with Gasteiger partial charge < -0.3 is 19.4 Å². The third-order valence-electron chi connectivity index (χ3n) is 6.55. The van der Waals surface area contributed by atoms with Crippen molar-refractivity contribution in [3.05, 3.63) is 54.1 Å². The Morgan fingerprint density at radius 2 is 1.77 bits per heavy atom. The van der Waals surface area contributed by atoms with Crippen molar-refractivity contribution < 1.29 is 9.53 Å². The van der Waals surface area contributed by atoms with Crippen molar-refractivity contribution in [2.45, 2.75) is 18.9 Å². The molecule has 0 spiro atoms. The van der Waals surface area contributed by atoms with Crippen molar-refractivity contribution >= 4 is 17.3 Å². The smallest absolute Gasteiger partial charge is 0.253 e. The van der Waals surface area contributed by atoms with Crippen LogP contribution in [0.25, 0.3) is 0 Å². The number of methoxy groups -OCH3 is 1. The second-order valence-corrected chi connectivity index (χ2v) is 8.69. The van der Waals surface area contributed by atoms with Crippen molar-refractivity contribution in [1.29, 1.82) is 0 Å². The third-order valence-corrected chi connectivity index (χ3v) is 6.55. The number of likely N-dealkylation sites (tertiary alicyclic amines) is 1. The number of benzene rings is 2. The van der Waals surface area contributed by atoms with Crippen LogP contribution in [0.15, 0.2) is 48.5 Å². The third kappa shape index (κ3) is 4.79. The molecule has 0 aromatic heterocycles. The van der Waals surface area contributed by atoms with Gasteiger partial charge in [0.05, 0.1) is 12.8 Å². The van der Waals surface area contributed by atoms with Crippen molar-refractivity contribution in [2.75, 3.05) is 70.3 Å². The Morgan fingerprint density at radius 3 is 2.52 bits per heavy atom. The molecule has 166 valence electrons. The van der Waals surface area contributed by atoms with Crippen LogP contribution in [0, 0.1) is 0 Å². The maximum atomic E-state index is 13.2. The maximum Gasteiger partial charge on any atom is 0.253 e. The van der Waals surface area contributed by atoms with E-state index in [0.29, 0.717) is 6.04 Å². The van der Waals surface area contributed by atoms with Crippen LogP contribution in [0.4, 0.5) is 11.4 Å². The van der Waals surface area contributed by atoms with Gasteiger partial charge in [-0.2, -0.15) is 0 Å². The lowest BCUT2D eigenvalue weighted by Crippen LogP contribution is -2.55. The van der Waals surface area contributed by atoms with Crippen LogP contribution in [0.2, 0.25) is 0 Å². The zero-order valence-corrected chi connectivity index (χ0v) is 19.0. The van der Waals surface area contributed by atoms with Crippen LogP contribution >= 0.6 is 0 Å². The molecule has 0 radical (unpaired) electrons. The molecule has 2 aromatic carbocycles. The van der Waals surface area contributed by atoms with E-state index in [-0.39, 0.29) is 5.91 Å².